The van der Waals surface area contributed by atoms with Gasteiger partial charge in [-0.05, 0) is 12.8 Å². The van der Waals surface area contributed by atoms with Gasteiger partial charge in [0.05, 0.1) is 13.2 Å². The van der Waals surface area contributed by atoms with Crippen LogP contribution in [0, 0.1) is 5.41 Å². The summed E-state index contributed by atoms with van der Waals surface area (Å²) >= 11 is 0. The highest BCUT2D eigenvalue weighted by atomic mass is 31.2. The van der Waals surface area contributed by atoms with E-state index in [1.807, 2.05) is 0 Å². The van der Waals surface area contributed by atoms with Gasteiger partial charge in [-0.15, -0.1) is 0 Å². The smallest absolute Gasteiger partial charge is 0.327 e. The van der Waals surface area contributed by atoms with E-state index in [-0.39, 0.29) is 5.41 Å². The number of carboxylic acid groups (broad SMARTS) is 1. The zero-order valence-electron chi connectivity index (χ0n) is 9.18. The molecule has 2 rings (SSSR count). The summed E-state index contributed by atoms with van der Waals surface area (Å²) in [6, 6.07) is 0. The molecule has 7 heteroatoms. The van der Waals surface area contributed by atoms with Gasteiger partial charge in [0.25, 0.3) is 0 Å². The monoisotopic (exact) mass is 248 g/mol. The van der Waals surface area contributed by atoms with Gasteiger partial charge in [-0.1, -0.05) is 0 Å². The van der Waals surface area contributed by atoms with Gasteiger partial charge >= 0.3 is 7.60 Å². The van der Waals surface area contributed by atoms with Crippen molar-refractivity contribution in [3.8, 4) is 0 Å². The maximum absolute atomic E-state index is 11.5. The molecule has 16 heavy (non-hydrogen) atoms. The maximum Gasteiger partial charge on any atom is 0.327 e. The molecule has 0 aromatic carbocycles. The minimum absolute atomic E-state index is 0.171. The fourth-order valence-corrected chi connectivity index (χ4v) is 3.13. The molecule has 0 saturated carbocycles. The first-order valence-electron chi connectivity index (χ1n) is 5.25. The number of amides is 1. The number of hydrogen-bond acceptors (Lipinski definition) is 5. The molecule has 92 valence electrons. The van der Waals surface area contributed by atoms with E-state index in [1.165, 1.54) is 11.6 Å². The number of carbonyl (C=O) groups excluding carboxylic acids is 1. The van der Waals surface area contributed by atoms with Gasteiger partial charge in [-0.3, -0.25) is 4.57 Å². The third-order valence-electron chi connectivity index (χ3n) is 3.29. The highest BCUT2D eigenvalue weighted by Gasteiger charge is 2.42. The number of nitrogens with zero attached hydrogens (tertiary/aromatic N) is 1. The average Bonchev–Trinajstić information content (AvgIpc) is 2.24. The zero-order valence-corrected chi connectivity index (χ0v) is 10.1. The molecule has 2 heterocycles. The predicted octanol–water partition coefficient (Wildman–Crippen LogP) is 0.282. The molecule has 0 N–H and O–H groups in total. The van der Waals surface area contributed by atoms with Crippen molar-refractivity contribution in [2.75, 3.05) is 33.0 Å². The third-order valence-corrected chi connectivity index (χ3v) is 4.49. The van der Waals surface area contributed by atoms with Crippen molar-refractivity contribution in [1.29, 1.82) is 0 Å². The van der Waals surface area contributed by atoms with Gasteiger partial charge in [-0.2, -0.15) is 0 Å². The summed E-state index contributed by atoms with van der Waals surface area (Å²) < 4.78 is 21.9. The molecule has 1 amide bonds. The number of hydrogen-bond donors (Lipinski definition) is 0. The van der Waals surface area contributed by atoms with Crippen molar-refractivity contribution >= 4 is 13.7 Å². The predicted molar refractivity (Wildman–Crippen MR) is 54.1 cm³/mol. The normalized spacial score (nSPS) is 27.9. The minimum atomic E-state index is -2.86. The topological polar surface area (TPSA) is 78.9 Å². The highest BCUT2D eigenvalue weighted by Crippen LogP contribution is 2.52. The summed E-state index contributed by atoms with van der Waals surface area (Å²) in [5.41, 5.74) is -0.171. The molecule has 6 nitrogen and oxygen atoms in total. The van der Waals surface area contributed by atoms with Crippen molar-refractivity contribution in [2.45, 2.75) is 12.8 Å². The number of likely N-dealkylation sites (tertiary alicyclic amines) is 1. The Morgan fingerprint density at radius 1 is 1.31 bits per heavy atom. The Hall–Kier alpha value is -0.580. The van der Waals surface area contributed by atoms with Crippen LogP contribution in [0.3, 0.4) is 0 Å². The Morgan fingerprint density at radius 3 is 2.25 bits per heavy atom. The molecule has 0 radical (unpaired) electrons. The quantitative estimate of drug-likeness (QED) is 0.575. The van der Waals surface area contributed by atoms with Crippen molar-refractivity contribution in [3.05, 3.63) is 0 Å². The molecule has 0 bridgehead atoms. The van der Waals surface area contributed by atoms with E-state index in [9.17, 15) is 14.5 Å². The number of carbonyl (C=O) groups is 1. The van der Waals surface area contributed by atoms with Crippen LogP contribution in [0.2, 0.25) is 0 Å². The molecule has 0 aliphatic carbocycles. The molecule has 0 unspecified atom stereocenters. The first-order chi connectivity index (χ1) is 7.43. The number of piperidine rings is 1. The van der Waals surface area contributed by atoms with E-state index in [0.717, 1.165) is 0 Å². The van der Waals surface area contributed by atoms with Crippen LogP contribution in [0.1, 0.15) is 12.8 Å². The van der Waals surface area contributed by atoms with Crippen LogP contribution in [-0.2, 0) is 13.6 Å². The van der Waals surface area contributed by atoms with Gasteiger partial charge in [0.2, 0.25) is 0 Å². The molecule has 2 aliphatic rings. The molecule has 0 aromatic heterocycles. The van der Waals surface area contributed by atoms with Gasteiger partial charge in [0, 0.05) is 25.2 Å². The summed E-state index contributed by atoms with van der Waals surface area (Å²) in [6.45, 7) is 3.10. The Morgan fingerprint density at radius 2 is 1.81 bits per heavy atom. The number of rotatable bonds is 0. The largest absolute Gasteiger partial charge is 0.530 e. The second-order valence-electron chi connectivity index (χ2n) is 4.57. The molecule has 1 spiro atoms. The first-order valence-corrected chi connectivity index (χ1v) is 7.24. The summed E-state index contributed by atoms with van der Waals surface area (Å²) in [6.07, 6.45) is 0.204. The summed E-state index contributed by atoms with van der Waals surface area (Å²) in [7, 11) is -2.86. The van der Waals surface area contributed by atoms with Crippen molar-refractivity contribution in [2.24, 2.45) is 5.41 Å². The van der Waals surface area contributed by atoms with Gasteiger partial charge < -0.3 is 23.8 Å². The lowest BCUT2D eigenvalue weighted by Gasteiger charge is -2.45. The second kappa shape index (κ2) is 4.02. The second-order valence-corrected chi connectivity index (χ2v) is 6.63. The summed E-state index contributed by atoms with van der Waals surface area (Å²) in [5.74, 6) is 0. The average molecular weight is 248 g/mol. The van der Waals surface area contributed by atoms with E-state index in [4.69, 9.17) is 9.05 Å². The van der Waals surface area contributed by atoms with Crippen molar-refractivity contribution < 1.29 is 23.5 Å². The van der Waals surface area contributed by atoms with Crippen LogP contribution in [0.4, 0.5) is 4.79 Å². The Kier molecular flexibility index (Phi) is 2.99. The minimum Gasteiger partial charge on any atom is -0.530 e. The highest BCUT2D eigenvalue weighted by molar-refractivity contribution is 7.53. The molecule has 0 atom stereocenters. The van der Waals surface area contributed by atoms with Crippen LogP contribution >= 0.6 is 7.60 Å². The van der Waals surface area contributed by atoms with E-state index < -0.39 is 13.7 Å². The maximum atomic E-state index is 11.5. The van der Waals surface area contributed by atoms with Crippen LogP contribution in [-0.4, -0.2) is 44.0 Å². The third kappa shape index (κ3) is 2.39. The molecule has 0 aromatic rings. The van der Waals surface area contributed by atoms with E-state index in [0.29, 0.717) is 39.1 Å². The first kappa shape index (κ1) is 11.9. The van der Waals surface area contributed by atoms with Crippen LogP contribution in [0.25, 0.3) is 0 Å². The molecule has 2 fully saturated rings. The fourth-order valence-electron chi connectivity index (χ4n) is 2.04. The van der Waals surface area contributed by atoms with Gasteiger partial charge in [-0.25, -0.2) is 0 Å². The van der Waals surface area contributed by atoms with Gasteiger partial charge in [0.1, 0.15) is 6.09 Å². The molecule has 2 aliphatic heterocycles. The van der Waals surface area contributed by atoms with E-state index >= 15 is 0 Å². The lowest BCUT2D eigenvalue weighted by molar-refractivity contribution is -0.267. The fraction of sp³-hybridized carbons (Fsp3) is 0.889. The summed E-state index contributed by atoms with van der Waals surface area (Å²) in [5, 5.41) is 10.6. The Labute approximate surface area is 94.1 Å². The zero-order chi connectivity index (χ0) is 11.8. The van der Waals surface area contributed by atoms with Crippen molar-refractivity contribution in [3.63, 3.8) is 0 Å². The summed E-state index contributed by atoms with van der Waals surface area (Å²) in [4.78, 5) is 11.9. The van der Waals surface area contributed by atoms with Crippen LogP contribution in [0.15, 0.2) is 0 Å². The van der Waals surface area contributed by atoms with Crippen molar-refractivity contribution in [1.82, 2.24) is 4.90 Å². The molecular weight excluding hydrogens is 233 g/mol. The molecular formula is C9H15NO5P-. The Balaban J connectivity index is 1.93. The van der Waals surface area contributed by atoms with Crippen LogP contribution < -0.4 is 5.11 Å². The SMILES string of the molecule is CP1(=O)OCC2(CCN(C(=O)[O-])CC2)CO1. The Bertz CT molecular complexity index is 323. The van der Waals surface area contributed by atoms with Gasteiger partial charge in [0.15, 0.2) is 0 Å². The molecule has 2 saturated heterocycles. The lowest BCUT2D eigenvalue weighted by Crippen LogP contribution is -2.51. The standard InChI is InChI=1S/C9H16NO5P/c1-16(13)14-6-9(7-15-16)2-4-10(5-3-9)8(11)12/h2-7H2,1H3,(H,11,12)/p-1. The van der Waals surface area contributed by atoms with Crippen LogP contribution in [0.5, 0.6) is 0 Å². The lowest BCUT2D eigenvalue weighted by atomic mass is 9.80. The van der Waals surface area contributed by atoms with E-state index in [2.05, 4.69) is 0 Å². The van der Waals surface area contributed by atoms with E-state index in [1.54, 1.807) is 0 Å².